The molecule has 0 radical (unpaired) electrons. The van der Waals surface area contributed by atoms with Crippen molar-refractivity contribution in [2.24, 2.45) is 5.16 Å². The van der Waals surface area contributed by atoms with Crippen LogP contribution in [0.15, 0.2) is 59.8 Å². The molecular formula is C16H15NO3. The molecule has 1 aliphatic rings. The van der Waals surface area contributed by atoms with Crippen LogP contribution in [0.1, 0.15) is 11.1 Å². The number of rotatable bonds is 4. The fourth-order valence-electron chi connectivity index (χ4n) is 2.09. The molecule has 0 amide bonds. The number of hydrogen-bond acceptors (Lipinski definition) is 4. The highest BCUT2D eigenvalue weighted by atomic mass is 16.8. The number of para-hydroxylation sites is 1. The van der Waals surface area contributed by atoms with Gasteiger partial charge in [-0.3, -0.25) is 0 Å². The Balaban J connectivity index is 1.70. The number of nitrogens with zero attached hydrogens (tertiary/aromatic N) is 1. The molecule has 0 saturated heterocycles. The molecule has 2 aromatic rings. The molecule has 1 heterocycles. The minimum Gasteiger partial charge on any atom is -0.496 e. The van der Waals surface area contributed by atoms with E-state index in [2.05, 4.69) is 5.16 Å². The van der Waals surface area contributed by atoms with E-state index in [4.69, 9.17) is 14.3 Å². The van der Waals surface area contributed by atoms with Crippen LogP contribution in [0.5, 0.6) is 5.75 Å². The van der Waals surface area contributed by atoms with Gasteiger partial charge in [0, 0.05) is 6.42 Å². The van der Waals surface area contributed by atoms with E-state index < -0.39 is 6.29 Å². The van der Waals surface area contributed by atoms with Crippen LogP contribution in [0.25, 0.3) is 0 Å². The van der Waals surface area contributed by atoms with Crippen molar-refractivity contribution < 1.29 is 14.3 Å². The molecule has 4 nitrogen and oxygen atoms in total. The summed E-state index contributed by atoms with van der Waals surface area (Å²) in [5, 5.41) is 4.01. The summed E-state index contributed by atoms with van der Waals surface area (Å²) in [5.74, 6) is 1.18. The van der Waals surface area contributed by atoms with Crippen molar-refractivity contribution >= 4 is 5.90 Å². The Bertz CT molecular complexity index is 610. The standard InChI is InChI=1S/C16H15NO3/c1-18-14-10-6-5-9-13(14)16-17-20-15(19-16)11-12-7-3-2-4-8-12/h2-10,15H,11H2,1H3/t15-/m0/s1. The number of methoxy groups -OCH3 is 1. The van der Waals surface area contributed by atoms with Crippen molar-refractivity contribution in [3.05, 3.63) is 65.7 Å². The van der Waals surface area contributed by atoms with Crippen LogP contribution in [0, 0.1) is 0 Å². The van der Waals surface area contributed by atoms with Gasteiger partial charge in [0.1, 0.15) is 5.75 Å². The van der Waals surface area contributed by atoms with E-state index in [0.29, 0.717) is 12.3 Å². The van der Waals surface area contributed by atoms with Gasteiger partial charge in [-0.25, -0.2) is 0 Å². The molecule has 20 heavy (non-hydrogen) atoms. The Morgan fingerprint density at radius 2 is 1.80 bits per heavy atom. The molecule has 0 N–H and O–H groups in total. The monoisotopic (exact) mass is 269 g/mol. The average molecular weight is 269 g/mol. The fraction of sp³-hybridized carbons (Fsp3) is 0.188. The van der Waals surface area contributed by atoms with Crippen molar-refractivity contribution in [2.75, 3.05) is 7.11 Å². The van der Waals surface area contributed by atoms with E-state index in [0.717, 1.165) is 16.9 Å². The third kappa shape index (κ3) is 2.59. The van der Waals surface area contributed by atoms with Crippen LogP contribution in [-0.2, 0) is 16.0 Å². The highest BCUT2D eigenvalue weighted by molar-refractivity contribution is 5.97. The van der Waals surface area contributed by atoms with Gasteiger partial charge in [-0.05, 0) is 22.9 Å². The highest BCUT2D eigenvalue weighted by Gasteiger charge is 2.25. The molecule has 4 heteroatoms. The fourth-order valence-corrected chi connectivity index (χ4v) is 2.09. The first-order valence-corrected chi connectivity index (χ1v) is 6.44. The molecule has 1 atom stereocenters. The Kier molecular flexibility index (Phi) is 3.54. The first-order valence-electron chi connectivity index (χ1n) is 6.44. The zero-order valence-electron chi connectivity index (χ0n) is 11.2. The molecule has 0 aliphatic carbocycles. The average Bonchev–Trinajstić information content (AvgIpc) is 2.96. The number of hydrogen-bond donors (Lipinski definition) is 0. The van der Waals surface area contributed by atoms with E-state index >= 15 is 0 Å². The van der Waals surface area contributed by atoms with Gasteiger partial charge in [-0.15, -0.1) is 0 Å². The minimum atomic E-state index is -0.391. The quantitative estimate of drug-likeness (QED) is 0.856. The van der Waals surface area contributed by atoms with Gasteiger partial charge in [0.2, 0.25) is 0 Å². The van der Waals surface area contributed by atoms with E-state index in [1.165, 1.54) is 0 Å². The zero-order chi connectivity index (χ0) is 13.8. The first kappa shape index (κ1) is 12.5. The van der Waals surface area contributed by atoms with Crippen molar-refractivity contribution in [1.29, 1.82) is 0 Å². The molecule has 102 valence electrons. The van der Waals surface area contributed by atoms with Gasteiger partial charge in [-0.1, -0.05) is 42.5 Å². The summed E-state index contributed by atoms with van der Waals surface area (Å²) in [4.78, 5) is 5.33. The molecule has 3 rings (SSSR count). The van der Waals surface area contributed by atoms with E-state index in [-0.39, 0.29) is 0 Å². The molecule has 0 spiro atoms. The van der Waals surface area contributed by atoms with Gasteiger partial charge < -0.3 is 14.3 Å². The Morgan fingerprint density at radius 3 is 2.60 bits per heavy atom. The number of ether oxygens (including phenoxy) is 2. The van der Waals surface area contributed by atoms with Gasteiger partial charge in [0.05, 0.1) is 12.7 Å². The molecule has 0 saturated carbocycles. The minimum absolute atomic E-state index is 0.391. The molecule has 0 aromatic heterocycles. The highest BCUT2D eigenvalue weighted by Crippen LogP contribution is 2.23. The van der Waals surface area contributed by atoms with Crippen LogP contribution in [0.2, 0.25) is 0 Å². The van der Waals surface area contributed by atoms with E-state index in [9.17, 15) is 0 Å². The summed E-state index contributed by atoms with van der Waals surface area (Å²) in [5.41, 5.74) is 1.94. The second kappa shape index (κ2) is 5.65. The summed E-state index contributed by atoms with van der Waals surface area (Å²) < 4.78 is 11.0. The third-order valence-corrected chi connectivity index (χ3v) is 3.08. The Morgan fingerprint density at radius 1 is 1.05 bits per heavy atom. The lowest BCUT2D eigenvalue weighted by Gasteiger charge is -2.10. The Hall–Kier alpha value is -2.49. The number of benzene rings is 2. The second-order valence-corrected chi connectivity index (χ2v) is 4.44. The van der Waals surface area contributed by atoms with Crippen LogP contribution >= 0.6 is 0 Å². The maximum absolute atomic E-state index is 5.74. The van der Waals surface area contributed by atoms with E-state index in [1.807, 2.05) is 54.6 Å². The van der Waals surface area contributed by atoms with Gasteiger partial charge in [0.15, 0.2) is 0 Å². The van der Waals surface area contributed by atoms with Crippen LogP contribution in [0.3, 0.4) is 0 Å². The number of oxime groups is 1. The summed E-state index contributed by atoms with van der Waals surface area (Å²) in [6.07, 6.45) is 0.264. The maximum Gasteiger partial charge on any atom is 0.271 e. The predicted molar refractivity (Wildman–Crippen MR) is 75.6 cm³/mol. The smallest absolute Gasteiger partial charge is 0.271 e. The van der Waals surface area contributed by atoms with Gasteiger partial charge in [-0.2, -0.15) is 0 Å². The van der Waals surface area contributed by atoms with Crippen molar-refractivity contribution in [1.82, 2.24) is 0 Å². The topological polar surface area (TPSA) is 40.0 Å². The summed E-state index contributed by atoms with van der Waals surface area (Å²) >= 11 is 0. The molecule has 1 aliphatic heterocycles. The van der Waals surface area contributed by atoms with Crippen molar-refractivity contribution in [2.45, 2.75) is 12.7 Å². The molecule has 0 unspecified atom stereocenters. The first-order chi connectivity index (χ1) is 9.86. The maximum atomic E-state index is 5.74. The molecular weight excluding hydrogens is 254 g/mol. The molecule has 0 bridgehead atoms. The summed E-state index contributed by atoms with van der Waals surface area (Å²) in [7, 11) is 1.62. The summed E-state index contributed by atoms with van der Waals surface area (Å²) in [6, 6.07) is 17.6. The molecule has 0 fully saturated rings. The molecule has 2 aromatic carbocycles. The second-order valence-electron chi connectivity index (χ2n) is 4.44. The van der Waals surface area contributed by atoms with Crippen molar-refractivity contribution in [3.63, 3.8) is 0 Å². The third-order valence-electron chi connectivity index (χ3n) is 3.08. The lowest BCUT2D eigenvalue weighted by molar-refractivity contribution is -0.0457. The normalized spacial score (nSPS) is 17.1. The van der Waals surface area contributed by atoms with Gasteiger partial charge in [0.25, 0.3) is 12.2 Å². The van der Waals surface area contributed by atoms with Crippen LogP contribution < -0.4 is 4.74 Å². The largest absolute Gasteiger partial charge is 0.496 e. The van der Waals surface area contributed by atoms with Crippen LogP contribution in [-0.4, -0.2) is 19.3 Å². The predicted octanol–water partition coefficient (Wildman–Crippen LogP) is 2.97. The lowest BCUT2D eigenvalue weighted by Crippen LogP contribution is -2.15. The van der Waals surface area contributed by atoms with Gasteiger partial charge >= 0.3 is 0 Å². The Labute approximate surface area is 117 Å². The lowest BCUT2D eigenvalue weighted by atomic mass is 10.1. The zero-order valence-corrected chi connectivity index (χ0v) is 11.2. The van der Waals surface area contributed by atoms with E-state index in [1.54, 1.807) is 7.11 Å². The SMILES string of the molecule is COc1ccccc1C1=NO[C@@H](Cc2ccccc2)O1. The van der Waals surface area contributed by atoms with Crippen molar-refractivity contribution in [3.8, 4) is 5.75 Å². The summed E-state index contributed by atoms with van der Waals surface area (Å²) in [6.45, 7) is 0. The van der Waals surface area contributed by atoms with Crippen LogP contribution in [0.4, 0.5) is 0 Å².